The minimum atomic E-state index is -1.27. The van der Waals surface area contributed by atoms with Crippen LogP contribution in [0.25, 0.3) is 0 Å². The van der Waals surface area contributed by atoms with E-state index in [1.165, 1.54) is 0 Å². The summed E-state index contributed by atoms with van der Waals surface area (Å²) in [5.41, 5.74) is 4.41. The molecule has 0 N–H and O–H groups in total. The first kappa shape index (κ1) is 13.8. The lowest BCUT2D eigenvalue weighted by atomic mass is 10.2. The predicted octanol–water partition coefficient (Wildman–Crippen LogP) is 3.53. The van der Waals surface area contributed by atoms with Crippen molar-refractivity contribution in [1.82, 2.24) is 0 Å². The highest BCUT2D eigenvalue weighted by Gasteiger charge is 2.06. The van der Waals surface area contributed by atoms with Crippen LogP contribution in [0.1, 0.15) is 6.42 Å². The van der Waals surface area contributed by atoms with E-state index in [0.29, 0.717) is 0 Å². The van der Waals surface area contributed by atoms with Gasteiger partial charge in [0.1, 0.15) is 8.07 Å². The Morgan fingerprint density at radius 2 is 2.07 bits per heavy atom. The Balaban J connectivity index is 4.59. The number of ether oxygens (including phenoxy) is 1. The third-order valence-electron chi connectivity index (χ3n) is 1.50. The standard InChI is InChI=1S/C13H20OSi/c1-6-8-13(10-11-14-2)9-7-12-15(3,4)5/h6,9-11H,1,8H2,2-5H3/b11-10+,13-9-. The Hall–Kier alpha value is -1.20. The van der Waals surface area contributed by atoms with E-state index in [2.05, 4.69) is 37.7 Å². The quantitative estimate of drug-likeness (QED) is 0.231. The van der Waals surface area contributed by atoms with Gasteiger partial charge in [-0.05, 0) is 24.1 Å². The van der Waals surface area contributed by atoms with E-state index in [0.717, 1.165) is 12.0 Å². The van der Waals surface area contributed by atoms with Crippen molar-refractivity contribution in [2.45, 2.75) is 26.1 Å². The van der Waals surface area contributed by atoms with Gasteiger partial charge in [-0.3, -0.25) is 0 Å². The van der Waals surface area contributed by atoms with E-state index in [9.17, 15) is 0 Å². The number of rotatable bonds is 4. The molecule has 0 saturated heterocycles. The van der Waals surface area contributed by atoms with E-state index < -0.39 is 8.07 Å². The summed E-state index contributed by atoms with van der Waals surface area (Å²) in [6.07, 6.45) is 8.20. The van der Waals surface area contributed by atoms with Crippen LogP contribution in [-0.4, -0.2) is 15.2 Å². The van der Waals surface area contributed by atoms with E-state index in [4.69, 9.17) is 4.74 Å². The van der Waals surface area contributed by atoms with Gasteiger partial charge in [0.2, 0.25) is 0 Å². The van der Waals surface area contributed by atoms with Crippen LogP contribution in [0.2, 0.25) is 19.6 Å². The van der Waals surface area contributed by atoms with Gasteiger partial charge in [0, 0.05) is 0 Å². The molecule has 0 heterocycles. The maximum atomic E-state index is 4.87. The molecule has 0 unspecified atom stereocenters. The van der Waals surface area contributed by atoms with Crippen LogP contribution in [0, 0.1) is 11.5 Å². The molecule has 0 aliphatic rings. The van der Waals surface area contributed by atoms with Crippen LogP contribution in [0.5, 0.6) is 0 Å². The second-order valence-electron chi connectivity index (χ2n) is 4.27. The number of methoxy groups -OCH3 is 1. The zero-order chi connectivity index (χ0) is 11.7. The summed E-state index contributed by atoms with van der Waals surface area (Å²) in [4.78, 5) is 0. The molecule has 0 radical (unpaired) electrons. The molecule has 0 amide bonds. The van der Waals surface area contributed by atoms with Gasteiger partial charge in [0.15, 0.2) is 0 Å². The van der Waals surface area contributed by atoms with Crippen molar-refractivity contribution in [3.8, 4) is 11.5 Å². The van der Waals surface area contributed by atoms with Crippen molar-refractivity contribution < 1.29 is 4.74 Å². The monoisotopic (exact) mass is 220 g/mol. The summed E-state index contributed by atoms with van der Waals surface area (Å²) in [6, 6.07) is 0. The number of allylic oxidation sites excluding steroid dienone is 4. The Labute approximate surface area is 94.5 Å². The molecule has 0 atom stereocenters. The minimum Gasteiger partial charge on any atom is -0.504 e. The molecule has 2 heteroatoms. The van der Waals surface area contributed by atoms with Gasteiger partial charge in [-0.1, -0.05) is 31.6 Å². The molecular weight excluding hydrogens is 200 g/mol. The Kier molecular flexibility index (Phi) is 6.56. The largest absolute Gasteiger partial charge is 0.504 e. The van der Waals surface area contributed by atoms with E-state index in [1.54, 1.807) is 13.4 Å². The molecule has 0 rings (SSSR count). The van der Waals surface area contributed by atoms with Gasteiger partial charge in [0.05, 0.1) is 13.4 Å². The maximum absolute atomic E-state index is 4.87. The topological polar surface area (TPSA) is 9.23 Å². The van der Waals surface area contributed by atoms with Gasteiger partial charge in [-0.15, -0.1) is 12.1 Å². The zero-order valence-electron chi connectivity index (χ0n) is 10.1. The molecule has 1 nitrogen and oxygen atoms in total. The molecule has 82 valence electrons. The molecule has 0 aromatic heterocycles. The fourth-order valence-corrected chi connectivity index (χ4v) is 1.35. The van der Waals surface area contributed by atoms with Gasteiger partial charge >= 0.3 is 0 Å². The molecule has 15 heavy (non-hydrogen) atoms. The molecule has 0 spiro atoms. The van der Waals surface area contributed by atoms with Crippen molar-refractivity contribution in [1.29, 1.82) is 0 Å². The normalized spacial score (nSPS) is 12.1. The van der Waals surface area contributed by atoms with Gasteiger partial charge in [-0.25, -0.2) is 0 Å². The van der Waals surface area contributed by atoms with E-state index in [1.807, 2.05) is 18.2 Å². The molecule has 0 saturated carbocycles. The molecular formula is C13H20OSi. The lowest BCUT2D eigenvalue weighted by Gasteiger charge is -2.02. The lowest BCUT2D eigenvalue weighted by Crippen LogP contribution is -2.16. The zero-order valence-corrected chi connectivity index (χ0v) is 11.1. The fourth-order valence-electron chi connectivity index (χ4n) is 0.842. The Bertz CT molecular complexity index is 308. The summed E-state index contributed by atoms with van der Waals surface area (Å²) >= 11 is 0. The minimum absolute atomic E-state index is 0.820. The summed E-state index contributed by atoms with van der Waals surface area (Å²) in [5.74, 6) is 3.11. The summed E-state index contributed by atoms with van der Waals surface area (Å²) in [7, 11) is 0.370. The summed E-state index contributed by atoms with van der Waals surface area (Å²) in [5, 5.41) is 0. The molecule has 0 fully saturated rings. The van der Waals surface area contributed by atoms with Gasteiger partial charge in [-0.2, -0.15) is 0 Å². The van der Waals surface area contributed by atoms with Crippen molar-refractivity contribution >= 4 is 8.07 Å². The van der Waals surface area contributed by atoms with Gasteiger partial charge < -0.3 is 4.74 Å². The van der Waals surface area contributed by atoms with E-state index in [-0.39, 0.29) is 0 Å². The first-order chi connectivity index (χ1) is 6.99. The second kappa shape index (κ2) is 7.14. The van der Waals surface area contributed by atoms with Gasteiger partial charge in [0.25, 0.3) is 0 Å². The second-order valence-corrected chi connectivity index (χ2v) is 9.02. The SMILES string of the molecule is C=CCC(=C/C#C[Si](C)(C)C)/C=C/OC. The maximum Gasteiger partial charge on any atom is 0.129 e. The average Bonchev–Trinajstić information content (AvgIpc) is 2.12. The molecule has 0 aliphatic heterocycles. The van der Waals surface area contributed by atoms with Crippen molar-refractivity contribution in [2.24, 2.45) is 0 Å². The van der Waals surface area contributed by atoms with Crippen LogP contribution in [0.3, 0.4) is 0 Å². The Morgan fingerprint density at radius 3 is 2.53 bits per heavy atom. The molecule has 0 aliphatic carbocycles. The first-order valence-corrected chi connectivity index (χ1v) is 8.51. The predicted molar refractivity (Wildman–Crippen MR) is 70.2 cm³/mol. The lowest BCUT2D eigenvalue weighted by molar-refractivity contribution is 0.337. The van der Waals surface area contributed by atoms with Crippen LogP contribution in [-0.2, 0) is 4.74 Å². The highest BCUT2D eigenvalue weighted by atomic mass is 28.3. The smallest absolute Gasteiger partial charge is 0.129 e. The van der Waals surface area contributed by atoms with Crippen LogP contribution in [0.15, 0.2) is 36.6 Å². The molecule has 0 bridgehead atoms. The highest BCUT2D eigenvalue weighted by Crippen LogP contribution is 2.04. The fraction of sp³-hybridized carbons (Fsp3) is 0.385. The van der Waals surface area contributed by atoms with E-state index >= 15 is 0 Å². The van der Waals surface area contributed by atoms with Crippen molar-refractivity contribution in [3.63, 3.8) is 0 Å². The van der Waals surface area contributed by atoms with Crippen LogP contribution in [0.4, 0.5) is 0 Å². The molecule has 0 aromatic carbocycles. The first-order valence-electron chi connectivity index (χ1n) is 5.01. The number of hydrogen-bond donors (Lipinski definition) is 0. The van der Waals surface area contributed by atoms with Crippen LogP contribution < -0.4 is 0 Å². The summed E-state index contributed by atoms with van der Waals surface area (Å²) in [6.45, 7) is 10.4. The average molecular weight is 220 g/mol. The summed E-state index contributed by atoms with van der Waals surface area (Å²) < 4.78 is 4.87. The van der Waals surface area contributed by atoms with Crippen molar-refractivity contribution in [3.05, 3.63) is 36.6 Å². The van der Waals surface area contributed by atoms with Crippen molar-refractivity contribution in [2.75, 3.05) is 7.11 Å². The highest BCUT2D eigenvalue weighted by molar-refractivity contribution is 6.83. The Morgan fingerprint density at radius 1 is 1.40 bits per heavy atom. The number of hydrogen-bond acceptors (Lipinski definition) is 1. The van der Waals surface area contributed by atoms with Crippen LogP contribution >= 0.6 is 0 Å². The molecule has 0 aromatic rings. The third kappa shape index (κ3) is 9.11. The third-order valence-corrected chi connectivity index (χ3v) is 2.40.